The average molecular weight is 556 g/mol. The highest BCUT2D eigenvalue weighted by atomic mass is 35.5. The number of para-hydroxylation sites is 1. The van der Waals surface area contributed by atoms with E-state index in [0.717, 1.165) is 41.9 Å². The van der Waals surface area contributed by atoms with Crippen LogP contribution in [0.2, 0.25) is 5.02 Å². The predicted molar refractivity (Wildman–Crippen MR) is 143 cm³/mol. The van der Waals surface area contributed by atoms with Gasteiger partial charge in [-0.25, -0.2) is 0 Å². The van der Waals surface area contributed by atoms with Crippen LogP contribution < -0.4 is 10.2 Å². The van der Waals surface area contributed by atoms with Crippen molar-refractivity contribution in [1.29, 1.82) is 5.26 Å². The summed E-state index contributed by atoms with van der Waals surface area (Å²) in [4.78, 5) is 28.0. The molecule has 1 atom stereocenters. The Morgan fingerprint density at radius 3 is 2.39 bits per heavy atom. The fourth-order valence-corrected chi connectivity index (χ4v) is 5.42. The van der Waals surface area contributed by atoms with Crippen LogP contribution in [0.25, 0.3) is 0 Å². The number of hydrogen-bond acceptors (Lipinski definition) is 4. The van der Waals surface area contributed by atoms with Crippen molar-refractivity contribution in [2.24, 2.45) is 0 Å². The number of anilines is 2. The molecule has 0 saturated carbocycles. The first-order valence-electron chi connectivity index (χ1n) is 11.6. The van der Waals surface area contributed by atoms with E-state index in [1.165, 1.54) is 4.90 Å². The smallest absolute Gasteiger partial charge is 0.321 e. The summed E-state index contributed by atoms with van der Waals surface area (Å²) in [6, 6.07) is 20.5. The molecular weight excluding hydrogens is 535 g/mol. The average Bonchev–Trinajstić information content (AvgIpc) is 3.21. The van der Waals surface area contributed by atoms with E-state index in [-0.39, 0.29) is 27.6 Å². The molecule has 194 valence electrons. The Balaban J connectivity index is 1.75. The second-order valence-electron chi connectivity index (χ2n) is 8.42. The van der Waals surface area contributed by atoms with Crippen LogP contribution in [0.3, 0.4) is 0 Å². The maximum Gasteiger partial charge on any atom is 0.416 e. The number of hydrogen-bond donors (Lipinski definition) is 1. The van der Waals surface area contributed by atoms with Gasteiger partial charge in [-0.15, -0.1) is 0 Å². The highest BCUT2D eigenvalue weighted by molar-refractivity contribution is 8.05. The molecule has 38 heavy (non-hydrogen) atoms. The van der Waals surface area contributed by atoms with Gasteiger partial charge in [0, 0.05) is 16.4 Å². The number of carbonyl (C=O) groups is 2. The highest BCUT2D eigenvalue weighted by Crippen LogP contribution is 2.43. The number of rotatable bonds is 6. The lowest BCUT2D eigenvalue weighted by atomic mass is 10.0. The number of nitriles is 1. The Bertz CT molecular complexity index is 1430. The van der Waals surface area contributed by atoms with Crippen LogP contribution in [-0.4, -0.2) is 17.1 Å². The molecule has 1 saturated heterocycles. The lowest BCUT2D eigenvalue weighted by Gasteiger charge is -2.19. The largest absolute Gasteiger partial charge is 0.416 e. The van der Waals surface area contributed by atoms with Crippen molar-refractivity contribution in [3.63, 3.8) is 0 Å². The first-order valence-corrected chi connectivity index (χ1v) is 12.8. The number of aryl methyl sites for hydroxylation is 1. The van der Waals surface area contributed by atoms with Gasteiger partial charge in [-0.3, -0.25) is 14.5 Å². The first kappa shape index (κ1) is 27.3. The Morgan fingerprint density at radius 1 is 1.11 bits per heavy atom. The van der Waals surface area contributed by atoms with Gasteiger partial charge in [-0.1, -0.05) is 60.6 Å². The molecule has 1 aliphatic rings. The highest BCUT2D eigenvalue weighted by Gasteiger charge is 2.41. The topological polar surface area (TPSA) is 73.2 Å². The van der Waals surface area contributed by atoms with E-state index in [0.29, 0.717) is 11.4 Å². The van der Waals surface area contributed by atoms with Gasteiger partial charge in [0.1, 0.15) is 16.7 Å². The molecule has 0 spiro atoms. The third-order valence-corrected chi connectivity index (χ3v) is 7.55. The van der Waals surface area contributed by atoms with Crippen molar-refractivity contribution < 1.29 is 22.8 Å². The molecule has 1 aliphatic heterocycles. The van der Waals surface area contributed by atoms with Crippen LogP contribution in [0.4, 0.5) is 24.5 Å². The van der Waals surface area contributed by atoms with Crippen molar-refractivity contribution in [2.75, 3.05) is 10.2 Å². The quantitative estimate of drug-likeness (QED) is 0.263. The van der Waals surface area contributed by atoms with Gasteiger partial charge in [-0.2, -0.15) is 18.4 Å². The second-order valence-corrected chi connectivity index (χ2v) is 10.0. The predicted octanol–water partition coefficient (Wildman–Crippen LogP) is 6.99. The zero-order chi connectivity index (χ0) is 27.4. The van der Waals surface area contributed by atoms with Crippen LogP contribution in [0, 0.1) is 11.3 Å². The summed E-state index contributed by atoms with van der Waals surface area (Å²) in [5, 5.41) is 11.9. The third-order valence-electron chi connectivity index (χ3n) is 5.92. The fraction of sp³-hybridized carbons (Fsp3) is 0.179. The summed E-state index contributed by atoms with van der Waals surface area (Å²) in [5.74, 6) is -1.18. The molecule has 0 aliphatic carbocycles. The van der Waals surface area contributed by atoms with E-state index in [1.54, 1.807) is 42.5 Å². The number of halogens is 4. The van der Waals surface area contributed by atoms with Crippen LogP contribution >= 0.6 is 23.4 Å². The number of nitrogens with zero attached hydrogens (tertiary/aromatic N) is 2. The van der Waals surface area contributed by atoms with E-state index >= 15 is 0 Å². The molecule has 4 rings (SSSR count). The number of alkyl halides is 3. The van der Waals surface area contributed by atoms with Gasteiger partial charge in [0.05, 0.1) is 10.8 Å². The summed E-state index contributed by atoms with van der Waals surface area (Å²) in [5.41, 5.74) is 0.897. The normalized spacial score (nSPS) is 16.8. The minimum atomic E-state index is -4.58. The van der Waals surface area contributed by atoms with Gasteiger partial charge in [0.2, 0.25) is 5.91 Å². The molecule has 10 heteroatoms. The van der Waals surface area contributed by atoms with Crippen LogP contribution in [0.1, 0.15) is 23.6 Å². The van der Waals surface area contributed by atoms with E-state index in [2.05, 4.69) is 5.32 Å². The van der Waals surface area contributed by atoms with E-state index in [4.69, 9.17) is 11.6 Å². The molecule has 0 aromatic heterocycles. The Hall–Kier alpha value is -3.74. The van der Waals surface area contributed by atoms with E-state index in [1.807, 2.05) is 25.1 Å². The van der Waals surface area contributed by atoms with Crippen LogP contribution in [0.15, 0.2) is 83.4 Å². The van der Waals surface area contributed by atoms with E-state index < -0.39 is 28.8 Å². The summed E-state index contributed by atoms with van der Waals surface area (Å²) in [6.45, 7) is 1.98. The number of benzene rings is 3. The van der Waals surface area contributed by atoms with Crippen LogP contribution in [-0.2, 0) is 28.6 Å². The summed E-state index contributed by atoms with van der Waals surface area (Å²) < 4.78 is 39.9. The Morgan fingerprint density at radius 2 is 1.79 bits per heavy atom. The van der Waals surface area contributed by atoms with Crippen molar-refractivity contribution in [3.05, 3.63) is 105 Å². The van der Waals surface area contributed by atoms with Crippen LogP contribution in [0.5, 0.6) is 0 Å². The molecule has 3 aromatic rings. The summed E-state index contributed by atoms with van der Waals surface area (Å²) in [6.07, 6.45) is -3.93. The molecule has 0 radical (unpaired) electrons. The minimum absolute atomic E-state index is 0.0880. The van der Waals surface area contributed by atoms with Crippen molar-refractivity contribution in [1.82, 2.24) is 0 Å². The molecule has 3 aromatic carbocycles. The van der Waals surface area contributed by atoms with Gasteiger partial charge in [0.25, 0.3) is 5.91 Å². The van der Waals surface area contributed by atoms with Crippen molar-refractivity contribution >= 4 is 46.6 Å². The SMILES string of the molecule is CCc1ccc(N2C(=O)C(Cc3cc(C(F)(F)F)ccc3Cl)S/C2=C(/C#N)C(=O)Nc2ccccc2)cc1. The number of thioether (sulfide) groups is 1. The van der Waals surface area contributed by atoms with Crippen molar-refractivity contribution in [2.45, 2.75) is 31.2 Å². The van der Waals surface area contributed by atoms with E-state index in [9.17, 15) is 28.0 Å². The molecule has 1 unspecified atom stereocenters. The molecule has 2 amide bonds. The molecule has 5 nitrogen and oxygen atoms in total. The number of carbonyl (C=O) groups excluding carboxylic acids is 2. The molecule has 1 N–H and O–H groups in total. The summed E-state index contributed by atoms with van der Waals surface area (Å²) in [7, 11) is 0. The van der Waals surface area contributed by atoms with Gasteiger partial charge in [0.15, 0.2) is 0 Å². The first-order chi connectivity index (χ1) is 18.1. The monoisotopic (exact) mass is 555 g/mol. The number of nitrogens with one attached hydrogen (secondary N) is 1. The zero-order valence-corrected chi connectivity index (χ0v) is 21.6. The third kappa shape index (κ3) is 5.87. The van der Waals surface area contributed by atoms with Gasteiger partial charge < -0.3 is 5.32 Å². The lowest BCUT2D eigenvalue weighted by Crippen LogP contribution is -2.31. The Labute approximate surface area is 226 Å². The van der Waals surface area contributed by atoms with Gasteiger partial charge >= 0.3 is 6.18 Å². The second kappa shape index (κ2) is 11.3. The lowest BCUT2D eigenvalue weighted by molar-refractivity contribution is -0.137. The molecular formula is C28H21ClF3N3O2S. The Kier molecular flexibility index (Phi) is 8.14. The maximum absolute atomic E-state index is 13.6. The molecule has 1 heterocycles. The maximum atomic E-state index is 13.6. The van der Waals surface area contributed by atoms with Gasteiger partial charge in [-0.05, 0) is 66.4 Å². The molecule has 0 bridgehead atoms. The standard InChI is InChI=1S/C28H21ClF3N3O2S/c1-2-17-8-11-21(12-9-17)35-26(37)24(15-18-14-19(28(30,31)32)10-13-23(18)29)38-27(35)22(16-33)25(36)34-20-6-4-3-5-7-20/h3-14,24H,2,15H2,1H3,(H,34,36)/b27-22-. The number of amides is 2. The summed E-state index contributed by atoms with van der Waals surface area (Å²) >= 11 is 7.15. The fourth-order valence-electron chi connectivity index (χ4n) is 3.92. The minimum Gasteiger partial charge on any atom is -0.321 e. The van der Waals surface area contributed by atoms with Crippen molar-refractivity contribution in [3.8, 4) is 6.07 Å². The molecule has 1 fully saturated rings. The zero-order valence-electron chi connectivity index (χ0n) is 20.1.